The Balaban J connectivity index is 1.39. The first-order valence-corrected chi connectivity index (χ1v) is 13.3. The zero-order chi connectivity index (χ0) is 25.4. The van der Waals surface area contributed by atoms with Crippen molar-refractivity contribution >= 4 is 40.4 Å². The SMILES string of the molecule is CC(C)C(N)C(=O)NC1(C(=O)ONC(=O)Cc2ccc(CCCCc3ccccc3)cc2)CC1I. The molecule has 3 unspecified atom stereocenters. The molecule has 4 N–H and O–H groups in total. The number of aryl methyl sites for hydroxylation is 2. The molecule has 2 aromatic carbocycles. The first kappa shape index (κ1) is 27.1. The summed E-state index contributed by atoms with van der Waals surface area (Å²) in [4.78, 5) is 42.2. The van der Waals surface area contributed by atoms with Gasteiger partial charge in [-0.3, -0.25) is 9.59 Å². The van der Waals surface area contributed by atoms with Gasteiger partial charge in [0.2, 0.25) is 5.91 Å². The average Bonchev–Trinajstić information content (AvgIpc) is 3.51. The van der Waals surface area contributed by atoms with Crippen molar-refractivity contribution in [3.8, 4) is 0 Å². The van der Waals surface area contributed by atoms with Crippen LogP contribution in [0.1, 0.15) is 49.8 Å². The van der Waals surface area contributed by atoms with E-state index in [2.05, 4.69) is 57.7 Å². The summed E-state index contributed by atoms with van der Waals surface area (Å²) < 4.78 is -0.118. The van der Waals surface area contributed by atoms with Crippen LogP contribution in [0, 0.1) is 5.92 Å². The number of hydroxylamine groups is 1. The quantitative estimate of drug-likeness (QED) is 0.161. The van der Waals surface area contributed by atoms with Crippen LogP contribution < -0.4 is 16.5 Å². The van der Waals surface area contributed by atoms with Gasteiger partial charge in [-0.1, -0.05) is 91.0 Å². The highest BCUT2D eigenvalue weighted by Crippen LogP contribution is 2.44. The van der Waals surface area contributed by atoms with Gasteiger partial charge in [0.25, 0.3) is 5.91 Å². The number of carbonyl (C=O) groups is 3. The molecule has 0 bridgehead atoms. The first-order valence-electron chi connectivity index (χ1n) is 12.0. The lowest BCUT2D eigenvalue weighted by Gasteiger charge is -2.21. The maximum Gasteiger partial charge on any atom is 0.358 e. The molecule has 1 saturated carbocycles. The number of carbonyl (C=O) groups excluding carboxylic acids is 3. The molecular formula is C27H34IN3O4. The van der Waals surface area contributed by atoms with Gasteiger partial charge < -0.3 is 15.9 Å². The van der Waals surface area contributed by atoms with Crippen LogP contribution in [0.2, 0.25) is 0 Å². The normalized spacial score (nSPS) is 19.6. The number of unbranched alkanes of at least 4 members (excludes halogenated alkanes) is 1. The highest BCUT2D eigenvalue weighted by molar-refractivity contribution is 14.1. The predicted molar refractivity (Wildman–Crippen MR) is 144 cm³/mol. The molecule has 0 heterocycles. The van der Waals surface area contributed by atoms with E-state index in [9.17, 15) is 14.4 Å². The summed E-state index contributed by atoms with van der Waals surface area (Å²) in [6, 6.07) is 17.7. The molecule has 0 spiro atoms. The third-order valence-corrected chi connectivity index (χ3v) is 7.78. The lowest BCUT2D eigenvalue weighted by atomic mass is 10.0. The number of hydrogen-bond acceptors (Lipinski definition) is 5. The Kier molecular flexibility index (Phi) is 9.68. The zero-order valence-corrected chi connectivity index (χ0v) is 22.4. The van der Waals surface area contributed by atoms with Gasteiger partial charge in [0, 0.05) is 3.92 Å². The second-order valence-electron chi connectivity index (χ2n) is 9.50. The van der Waals surface area contributed by atoms with E-state index >= 15 is 0 Å². The van der Waals surface area contributed by atoms with Gasteiger partial charge in [-0.05, 0) is 54.7 Å². The van der Waals surface area contributed by atoms with Gasteiger partial charge in [-0.15, -0.1) is 0 Å². The van der Waals surface area contributed by atoms with Gasteiger partial charge >= 0.3 is 5.97 Å². The van der Waals surface area contributed by atoms with Crippen LogP contribution in [0.25, 0.3) is 0 Å². The lowest BCUT2D eigenvalue weighted by Crippen LogP contribution is -2.54. The van der Waals surface area contributed by atoms with Crippen LogP contribution in [0.4, 0.5) is 0 Å². The molecule has 7 nitrogen and oxygen atoms in total. The fourth-order valence-electron chi connectivity index (χ4n) is 3.76. The Hall–Kier alpha value is -2.46. The second-order valence-corrected chi connectivity index (χ2v) is 11.0. The van der Waals surface area contributed by atoms with Gasteiger partial charge in [-0.25, -0.2) is 4.79 Å². The Morgan fingerprint density at radius 3 is 2.09 bits per heavy atom. The fraction of sp³-hybridized carbons (Fsp3) is 0.444. The van der Waals surface area contributed by atoms with E-state index in [0.29, 0.717) is 6.42 Å². The summed E-state index contributed by atoms with van der Waals surface area (Å²) in [6.45, 7) is 3.67. The highest BCUT2D eigenvalue weighted by Gasteiger charge is 2.62. The van der Waals surface area contributed by atoms with Crippen LogP contribution in [-0.2, 0) is 38.5 Å². The standard InChI is InChI=1S/C27H34IN3O4/c1-18(2)24(29)25(33)30-27(17-22(27)28)26(34)35-31-23(32)16-21-14-12-20(13-15-21)11-7-6-10-19-8-4-3-5-9-19/h3-5,8-9,12-15,18,22,24H,6-7,10-11,16-17,29H2,1-2H3,(H,30,33)(H,31,32). The van der Waals surface area contributed by atoms with Crippen LogP contribution in [0.15, 0.2) is 54.6 Å². The third kappa shape index (κ3) is 7.76. The number of alkyl halides is 1. The van der Waals surface area contributed by atoms with E-state index in [4.69, 9.17) is 10.6 Å². The number of amides is 2. The third-order valence-electron chi connectivity index (χ3n) is 6.28. The van der Waals surface area contributed by atoms with E-state index in [0.717, 1.165) is 31.2 Å². The molecule has 3 rings (SSSR count). The molecule has 0 aromatic heterocycles. The maximum atomic E-state index is 12.6. The van der Waals surface area contributed by atoms with Crippen LogP contribution in [0.3, 0.4) is 0 Å². The lowest BCUT2D eigenvalue weighted by molar-refractivity contribution is -0.162. The van der Waals surface area contributed by atoms with E-state index in [1.165, 1.54) is 11.1 Å². The van der Waals surface area contributed by atoms with E-state index in [-0.39, 0.29) is 16.3 Å². The minimum atomic E-state index is -1.14. The zero-order valence-electron chi connectivity index (χ0n) is 20.3. The molecule has 1 fully saturated rings. The maximum absolute atomic E-state index is 12.6. The van der Waals surface area contributed by atoms with Gasteiger partial charge in [0.05, 0.1) is 12.5 Å². The second kappa shape index (κ2) is 12.5. The Morgan fingerprint density at radius 1 is 1.00 bits per heavy atom. The largest absolute Gasteiger partial charge is 0.358 e. The number of rotatable bonds is 11. The Morgan fingerprint density at radius 2 is 1.54 bits per heavy atom. The molecule has 35 heavy (non-hydrogen) atoms. The predicted octanol–water partition coefficient (Wildman–Crippen LogP) is 3.41. The fourth-order valence-corrected chi connectivity index (χ4v) is 4.87. The molecule has 2 aromatic rings. The summed E-state index contributed by atoms with van der Waals surface area (Å²) in [5.41, 5.74) is 10.4. The summed E-state index contributed by atoms with van der Waals surface area (Å²) >= 11 is 2.08. The molecule has 0 radical (unpaired) electrons. The Bertz CT molecular complexity index is 1010. The molecular weight excluding hydrogens is 557 g/mol. The van der Waals surface area contributed by atoms with Crippen molar-refractivity contribution < 1.29 is 19.2 Å². The minimum absolute atomic E-state index is 0.0603. The van der Waals surface area contributed by atoms with Crippen LogP contribution in [0.5, 0.6) is 0 Å². The molecule has 8 heteroatoms. The Labute approximate surface area is 220 Å². The summed E-state index contributed by atoms with van der Waals surface area (Å²) in [5.74, 6) is -1.57. The van der Waals surface area contributed by atoms with Gasteiger partial charge in [0.15, 0.2) is 5.54 Å². The molecule has 3 atom stereocenters. The molecule has 0 aliphatic heterocycles. The highest BCUT2D eigenvalue weighted by atomic mass is 127. The van der Waals surface area contributed by atoms with Crippen molar-refractivity contribution in [2.45, 2.75) is 67.9 Å². The van der Waals surface area contributed by atoms with Crippen molar-refractivity contribution in [1.82, 2.24) is 10.8 Å². The molecule has 188 valence electrons. The van der Waals surface area contributed by atoms with E-state index in [1.54, 1.807) is 0 Å². The average molecular weight is 591 g/mol. The smallest absolute Gasteiger partial charge is 0.338 e. The van der Waals surface area contributed by atoms with Gasteiger partial charge in [0.1, 0.15) is 0 Å². The monoisotopic (exact) mass is 591 g/mol. The number of halogens is 1. The van der Waals surface area contributed by atoms with Gasteiger partial charge in [-0.2, -0.15) is 5.48 Å². The van der Waals surface area contributed by atoms with Crippen molar-refractivity contribution in [1.29, 1.82) is 0 Å². The summed E-state index contributed by atoms with van der Waals surface area (Å²) in [6.07, 6.45) is 4.82. The van der Waals surface area contributed by atoms with Crippen molar-refractivity contribution in [2.75, 3.05) is 0 Å². The topological polar surface area (TPSA) is 111 Å². The number of hydrogen-bond donors (Lipinski definition) is 3. The number of nitrogens with two attached hydrogens (primary N) is 1. The van der Waals surface area contributed by atoms with Crippen LogP contribution >= 0.6 is 22.6 Å². The van der Waals surface area contributed by atoms with E-state index < -0.39 is 29.4 Å². The summed E-state index contributed by atoms with van der Waals surface area (Å²) in [7, 11) is 0. The van der Waals surface area contributed by atoms with Crippen molar-refractivity contribution in [3.05, 3.63) is 71.3 Å². The molecule has 1 aliphatic carbocycles. The van der Waals surface area contributed by atoms with Crippen molar-refractivity contribution in [2.24, 2.45) is 11.7 Å². The molecule has 2 amide bonds. The van der Waals surface area contributed by atoms with E-state index in [1.807, 2.05) is 44.2 Å². The minimum Gasteiger partial charge on any atom is -0.338 e. The van der Waals surface area contributed by atoms with Crippen molar-refractivity contribution in [3.63, 3.8) is 0 Å². The summed E-state index contributed by atoms with van der Waals surface area (Å²) in [5, 5.41) is 2.71. The van der Waals surface area contributed by atoms with Crippen LogP contribution in [-0.4, -0.2) is 33.3 Å². The molecule has 1 aliphatic rings. The number of benzene rings is 2. The first-order chi connectivity index (χ1) is 16.7. The molecule has 0 saturated heterocycles. The number of nitrogens with one attached hydrogen (secondary N) is 2.